The molecule has 0 aliphatic rings. The first-order valence-corrected chi connectivity index (χ1v) is 8.35. The van der Waals surface area contributed by atoms with Crippen LogP contribution in [-0.4, -0.2) is 37.1 Å². The molecule has 1 heterocycles. The van der Waals surface area contributed by atoms with Gasteiger partial charge in [-0.1, -0.05) is 12.1 Å². The minimum Gasteiger partial charge on any atom is -0.375 e. The molecule has 1 aromatic carbocycles. The molecule has 2 aromatic rings. The maximum absolute atomic E-state index is 11.7. The van der Waals surface area contributed by atoms with E-state index in [2.05, 4.69) is 15.6 Å². The molecule has 0 saturated carbocycles. The molecule has 128 valence electrons. The van der Waals surface area contributed by atoms with Crippen molar-refractivity contribution in [3.63, 3.8) is 0 Å². The van der Waals surface area contributed by atoms with E-state index in [1.165, 1.54) is 18.4 Å². The quantitative estimate of drug-likeness (QED) is 0.677. The smallest absolute Gasteiger partial charge is 0.250 e. The van der Waals surface area contributed by atoms with Gasteiger partial charge in [-0.05, 0) is 25.1 Å². The Morgan fingerprint density at radius 2 is 1.96 bits per heavy atom. The van der Waals surface area contributed by atoms with Crippen LogP contribution in [0.1, 0.15) is 12.8 Å². The van der Waals surface area contributed by atoms with Crippen LogP contribution in [0.25, 0.3) is 11.3 Å². The van der Waals surface area contributed by atoms with E-state index in [0.29, 0.717) is 30.2 Å². The Bertz CT molecular complexity index is 685. The lowest BCUT2D eigenvalue weighted by Gasteiger charge is -2.05. The fraction of sp³-hybridized carbons (Fsp3) is 0.312. The van der Waals surface area contributed by atoms with Crippen molar-refractivity contribution in [3.8, 4) is 11.3 Å². The first-order valence-electron chi connectivity index (χ1n) is 7.47. The largest absolute Gasteiger partial charge is 0.375 e. The van der Waals surface area contributed by atoms with Gasteiger partial charge in [0.15, 0.2) is 5.13 Å². The molecular weight excluding hydrogens is 328 g/mol. The third-order valence-corrected chi connectivity index (χ3v) is 3.86. The van der Waals surface area contributed by atoms with Crippen LogP contribution in [-0.2, 0) is 14.3 Å². The van der Waals surface area contributed by atoms with Gasteiger partial charge in [0.1, 0.15) is 6.61 Å². The molecule has 0 atom stereocenters. The second kappa shape index (κ2) is 9.11. The first kappa shape index (κ1) is 18.1. The third-order valence-electron chi connectivity index (χ3n) is 3.10. The average Bonchev–Trinajstić information content (AvgIpc) is 3.02. The number of carbonyl (C=O) groups excluding carboxylic acids is 2. The van der Waals surface area contributed by atoms with Gasteiger partial charge >= 0.3 is 0 Å². The highest BCUT2D eigenvalue weighted by Crippen LogP contribution is 2.26. The molecule has 4 N–H and O–H groups in total. The second-order valence-electron chi connectivity index (χ2n) is 5.04. The molecule has 2 amide bonds. The zero-order chi connectivity index (χ0) is 17.4. The number of benzene rings is 1. The van der Waals surface area contributed by atoms with Crippen LogP contribution in [0.2, 0.25) is 0 Å². The SMILES string of the molecule is COCC(=O)Nc1ccc(-c2csc(NC(=O)CCCN)n2)cc1. The summed E-state index contributed by atoms with van der Waals surface area (Å²) in [6, 6.07) is 7.30. The fourth-order valence-electron chi connectivity index (χ4n) is 1.96. The number of anilines is 2. The zero-order valence-electron chi connectivity index (χ0n) is 13.4. The van der Waals surface area contributed by atoms with Crippen molar-refractivity contribution < 1.29 is 14.3 Å². The van der Waals surface area contributed by atoms with Crippen molar-refractivity contribution >= 4 is 34.0 Å². The molecular formula is C16H20N4O3S. The van der Waals surface area contributed by atoms with Crippen molar-refractivity contribution in [2.75, 3.05) is 30.9 Å². The maximum Gasteiger partial charge on any atom is 0.250 e. The number of nitrogens with zero attached hydrogens (tertiary/aromatic N) is 1. The molecule has 24 heavy (non-hydrogen) atoms. The van der Waals surface area contributed by atoms with Crippen molar-refractivity contribution in [3.05, 3.63) is 29.6 Å². The van der Waals surface area contributed by atoms with Crippen LogP contribution in [0.3, 0.4) is 0 Å². The van der Waals surface area contributed by atoms with Gasteiger partial charge < -0.3 is 21.1 Å². The van der Waals surface area contributed by atoms with Crippen LogP contribution in [0.4, 0.5) is 10.8 Å². The molecule has 7 nitrogen and oxygen atoms in total. The van der Waals surface area contributed by atoms with Crippen molar-refractivity contribution in [2.45, 2.75) is 12.8 Å². The molecule has 8 heteroatoms. The highest BCUT2D eigenvalue weighted by molar-refractivity contribution is 7.14. The van der Waals surface area contributed by atoms with Crippen LogP contribution in [0.15, 0.2) is 29.6 Å². The third kappa shape index (κ3) is 5.41. The van der Waals surface area contributed by atoms with E-state index < -0.39 is 0 Å². The Hall–Kier alpha value is -2.29. The number of hydrogen-bond donors (Lipinski definition) is 3. The normalized spacial score (nSPS) is 10.4. The number of thiazole rings is 1. The summed E-state index contributed by atoms with van der Waals surface area (Å²) < 4.78 is 4.77. The van der Waals surface area contributed by atoms with E-state index in [9.17, 15) is 9.59 Å². The second-order valence-corrected chi connectivity index (χ2v) is 5.89. The van der Waals surface area contributed by atoms with E-state index >= 15 is 0 Å². The van der Waals surface area contributed by atoms with Gasteiger partial charge in [0.05, 0.1) is 5.69 Å². The van der Waals surface area contributed by atoms with E-state index in [1.54, 1.807) is 12.1 Å². The molecule has 0 spiro atoms. The number of rotatable bonds is 8. The summed E-state index contributed by atoms with van der Waals surface area (Å²) in [7, 11) is 1.47. The maximum atomic E-state index is 11.7. The van der Waals surface area contributed by atoms with Crippen LogP contribution >= 0.6 is 11.3 Å². The summed E-state index contributed by atoms with van der Waals surface area (Å²) in [5.74, 6) is -0.293. The Labute approximate surface area is 144 Å². The predicted octanol–water partition coefficient (Wildman–Crippen LogP) is 2.07. The van der Waals surface area contributed by atoms with E-state index in [1.807, 2.05) is 17.5 Å². The molecule has 0 bridgehead atoms. The van der Waals surface area contributed by atoms with Crippen molar-refractivity contribution in [1.82, 2.24) is 4.98 Å². The lowest BCUT2D eigenvalue weighted by atomic mass is 10.1. The van der Waals surface area contributed by atoms with Crippen molar-refractivity contribution in [1.29, 1.82) is 0 Å². The Kier molecular flexibility index (Phi) is 6.86. The molecule has 2 rings (SSSR count). The number of methoxy groups -OCH3 is 1. The van der Waals surface area contributed by atoms with Gasteiger partial charge in [0.25, 0.3) is 0 Å². The molecule has 0 aliphatic carbocycles. The average molecular weight is 348 g/mol. The minimum atomic E-state index is -0.207. The highest BCUT2D eigenvalue weighted by atomic mass is 32.1. The minimum absolute atomic E-state index is 0.0149. The lowest BCUT2D eigenvalue weighted by Crippen LogP contribution is -2.16. The zero-order valence-corrected chi connectivity index (χ0v) is 14.2. The lowest BCUT2D eigenvalue weighted by molar-refractivity contribution is -0.119. The number of aromatic nitrogens is 1. The van der Waals surface area contributed by atoms with E-state index in [0.717, 1.165) is 11.3 Å². The van der Waals surface area contributed by atoms with Gasteiger partial charge in [0.2, 0.25) is 11.8 Å². The first-order chi connectivity index (χ1) is 11.6. The fourth-order valence-corrected chi connectivity index (χ4v) is 2.70. The highest BCUT2D eigenvalue weighted by Gasteiger charge is 2.08. The number of hydrogen-bond acceptors (Lipinski definition) is 6. The van der Waals surface area contributed by atoms with Gasteiger partial charge in [-0.15, -0.1) is 11.3 Å². The van der Waals surface area contributed by atoms with Gasteiger partial charge in [-0.2, -0.15) is 0 Å². The summed E-state index contributed by atoms with van der Waals surface area (Å²) in [6.07, 6.45) is 1.04. The summed E-state index contributed by atoms with van der Waals surface area (Å²) in [5, 5.41) is 7.92. The number of carbonyl (C=O) groups is 2. The van der Waals surface area contributed by atoms with Crippen LogP contribution in [0, 0.1) is 0 Å². The summed E-state index contributed by atoms with van der Waals surface area (Å²) in [4.78, 5) is 27.5. The molecule has 0 saturated heterocycles. The molecule has 1 aromatic heterocycles. The number of nitrogens with one attached hydrogen (secondary N) is 2. The molecule has 0 unspecified atom stereocenters. The number of nitrogens with two attached hydrogens (primary N) is 1. The van der Waals surface area contributed by atoms with Gasteiger partial charge in [0, 0.05) is 30.2 Å². The van der Waals surface area contributed by atoms with E-state index in [-0.39, 0.29) is 18.4 Å². The predicted molar refractivity (Wildman–Crippen MR) is 95.0 cm³/mol. The van der Waals surface area contributed by atoms with Gasteiger partial charge in [-0.25, -0.2) is 4.98 Å². The van der Waals surface area contributed by atoms with Crippen LogP contribution in [0.5, 0.6) is 0 Å². The summed E-state index contributed by atoms with van der Waals surface area (Å²) >= 11 is 1.37. The van der Waals surface area contributed by atoms with E-state index in [4.69, 9.17) is 10.5 Å². The molecule has 0 aliphatic heterocycles. The summed E-state index contributed by atoms with van der Waals surface area (Å²) in [6.45, 7) is 0.505. The van der Waals surface area contributed by atoms with Crippen molar-refractivity contribution in [2.24, 2.45) is 5.73 Å². The van der Waals surface area contributed by atoms with Gasteiger partial charge in [-0.3, -0.25) is 9.59 Å². The Morgan fingerprint density at radius 1 is 1.21 bits per heavy atom. The monoisotopic (exact) mass is 348 g/mol. The molecule has 0 fully saturated rings. The number of amides is 2. The summed E-state index contributed by atoms with van der Waals surface area (Å²) in [5.41, 5.74) is 7.74. The Morgan fingerprint density at radius 3 is 2.62 bits per heavy atom. The Balaban J connectivity index is 1.97. The molecule has 0 radical (unpaired) electrons. The number of ether oxygens (including phenoxy) is 1. The van der Waals surface area contributed by atoms with Crippen LogP contribution < -0.4 is 16.4 Å². The standard InChI is InChI=1S/C16H20N4O3S/c1-23-9-15(22)18-12-6-4-11(5-7-12)13-10-24-16(19-13)20-14(21)3-2-8-17/h4-7,10H,2-3,8-9,17H2,1H3,(H,18,22)(H,19,20,21). The topological polar surface area (TPSA) is 106 Å².